The van der Waals surface area contributed by atoms with Crippen molar-refractivity contribution in [3.8, 4) is 0 Å². The Hall–Kier alpha value is -0.0400. The summed E-state index contributed by atoms with van der Waals surface area (Å²) in [6.07, 6.45) is 4.02. The Bertz CT molecular complexity index is 174. The van der Waals surface area contributed by atoms with Crippen molar-refractivity contribution in [1.29, 1.82) is 0 Å². The molecule has 1 rings (SSSR count). The molecule has 1 aliphatic rings. The fourth-order valence-electron chi connectivity index (χ4n) is 2.66. The third-order valence-electron chi connectivity index (χ3n) is 3.76. The van der Waals surface area contributed by atoms with Crippen LogP contribution < -0.4 is 5.32 Å². The van der Waals surface area contributed by atoms with Crippen LogP contribution >= 0.6 is 0 Å². The summed E-state index contributed by atoms with van der Waals surface area (Å²) in [4.78, 5) is 0. The lowest BCUT2D eigenvalue weighted by Crippen LogP contribution is -2.34. The monoisotopic (exact) mass is 197 g/mol. The first-order valence-corrected chi connectivity index (χ1v) is 6.18. The van der Waals surface area contributed by atoms with Gasteiger partial charge in [-0.25, -0.2) is 0 Å². The second-order valence-electron chi connectivity index (χ2n) is 6.08. The molecule has 0 heterocycles. The maximum Gasteiger partial charge on any atom is 0.00980 e. The molecule has 0 aromatic rings. The van der Waals surface area contributed by atoms with Crippen LogP contribution in [-0.4, -0.2) is 12.6 Å². The summed E-state index contributed by atoms with van der Waals surface area (Å²) in [5.41, 5.74) is 0.562. The maximum atomic E-state index is 3.74. The first kappa shape index (κ1) is 12.0. The summed E-state index contributed by atoms with van der Waals surface area (Å²) in [6, 6.07) is 0.763. The zero-order valence-corrected chi connectivity index (χ0v) is 10.6. The Morgan fingerprint density at radius 3 is 2.43 bits per heavy atom. The average molecular weight is 197 g/mol. The van der Waals surface area contributed by atoms with E-state index in [4.69, 9.17) is 0 Å². The molecule has 1 saturated carbocycles. The molecule has 0 saturated heterocycles. The molecule has 3 atom stereocenters. The van der Waals surface area contributed by atoms with Crippen LogP contribution in [0.15, 0.2) is 0 Å². The molecule has 1 nitrogen and oxygen atoms in total. The molecular weight excluding hydrogens is 170 g/mol. The highest BCUT2D eigenvalue weighted by Crippen LogP contribution is 2.40. The van der Waals surface area contributed by atoms with Crippen LogP contribution in [0.3, 0.4) is 0 Å². The van der Waals surface area contributed by atoms with Crippen LogP contribution in [0.1, 0.15) is 53.9 Å². The molecule has 0 aliphatic heterocycles. The topological polar surface area (TPSA) is 12.0 Å². The fourth-order valence-corrected chi connectivity index (χ4v) is 2.66. The minimum Gasteiger partial charge on any atom is -0.313 e. The second kappa shape index (κ2) is 4.65. The van der Waals surface area contributed by atoms with Crippen molar-refractivity contribution in [2.45, 2.75) is 59.9 Å². The summed E-state index contributed by atoms with van der Waals surface area (Å²) in [5.74, 6) is 1.68. The highest BCUT2D eigenvalue weighted by atomic mass is 14.9. The van der Waals surface area contributed by atoms with Crippen molar-refractivity contribution < 1.29 is 0 Å². The molecule has 1 heteroatoms. The lowest BCUT2D eigenvalue weighted by atomic mass is 9.91. The Kier molecular flexibility index (Phi) is 4.00. The van der Waals surface area contributed by atoms with E-state index in [0.29, 0.717) is 5.41 Å². The molecule has 3 unspecified atom stereocenters. The van der Waals surface area contributed by atoms with Gasteiger partial charge in [-0.15, -0.1) is 0 Å². The average Bonchev–Trinajstić information content (AvgIpc) is 2.35. The van der Waals surface area contributed by atoms with Gasteiger partial charge in [0, 0.05) is 6.04 Å². The van der Waals surface area contributed by atoms with Gasteiger partial charge in [-0.2, -0.15) is 0 Å². The largest absolute Gasteiger partial charge is 0.313 e. The third kappa shape index (κ3) is 3.27. The van der Waals surface area contributed by atoms with Gasteiger partial charge in [-0.1, -0.05) is 41.0 Å². The summed E-state index contributed by atoms with van der Waals surface area (Å²) in [5, 5.41) is 3.74. The SMILES string of the molecule is CCC(C)CNC1CC(C)(C)CC1C. The summed E-state index contributed by atoms with van der Waals surface area (Å²) < 4.78 is 0. The molecule has 1 N–H and O–H groups in total. The van der Waals surface area contributed by atoms with Crippen molar-refractivity contribution in [2.75, 3.05) is 6.54 Å². The van der Waals surface area contributed by atoms with Gasteiger partial charge in [0.05, 0.1) is 0 Å². The molecule has 0 spiro atoms. The molecule has 1 fully saturated rings. The van der Waals surface area contributed by atoms with Crippen LogP contribution in [0.2, 0.25) is 0 Å². The lowest BCUT2D eigenvalue weighted by molar-refractivity contribution is 0.357. The smallest absolute Gasteiger partial charge is 0.00980 e. The van der Waals surface area contributed by atoms with E-state index in [1.165, 1.54) is 25.8 Å². The van der Waals surface area contributed by atoms with Gasteiger partial charge < -0.3 is 5.32 Å². The third-order valence-corrected chi connectivity index (χ3v) is 3.76. The van der Waals surface area contributed by atoms with E-state index >= 15 is 0 Å². The molecule has 84 valence electrons. The highest BCUT2D eigenvalue weighted by molar-refractivity contribution is 4.91. The minimum absolute atomic E-state index is 0.562. The summed E-state index contributed by atoms with van der Waals surface area (Å²) >= 11 is 0. The predicted molar refractivity (Wildman–Crippen MR) is 63.4 cm³/mol. The van der Waals surface area contributed by atoms with E-state index in [9.17, 15) is 0 Å². The summed E-state index contributed by atoms with van der Waals surface area (Å²) in [7, 11) is 0. The molecule has 0 bridgehead atoms. The fraction of sp³-hybridized carbons (Fsp3) is 1.00. The first-order chi connectivity index (χ1) is 6.44. The molecule has 0 aromatic heterocycles. The Labute approximate surface area is 89.7 Å². The van der Waals surface area contributed by atoms with Gasteiger partial charge >= 0.3 is 0 Å². The van der Waals surface area contributed by atoms with Gasteiger partial charge in [0.1, 0.15) is 0 Å². The zero-order valence-electron chi connectivity index (χ0n) is 10.6. The van der Waals surface area contributed by atoms with Crippen molar-refractivity contribution in [3.05, 3.63) is 0 Å². The number of nitrogens with one attached hydrogen (secondary N) is 1. The van der Waals surface area contributed by atoms with E-state index < -0.39 is 0 Å². The zero-order chi connectivity index (χ0) is 10.8. The van der Waals surface area contributed by atoms with Crippen LogP contribution in [0.25, 0.3) is 0 Å². The van der Waals surface area contributed by atoms with Crippen LogP contribution in [-0.2, 0) is 0 Å². The van der Waals surface area contributed by atoms with Gasteiger partial charge in [0.25, 0.3) is 0 Å². The first-order valence-electron chi connectivity index (χ1n) is 6.18. The Morgan fingerprint density at radius 2 is 2.00 bits per heavy atom. The molecule has 1 aliphatic carbocycles. The Morgan fingerprint density at radius 1 is 1.36 bits per heavy atom. The van der Waals surface area contributed by atoms with Crippen molar-refractivity contribution in [3.63, 3.8) is 0 Å². The van der Waals surface area contributed by atoms with Crippen molar-refractivity contribution in [1.82, 2.24) is 5.32 Å². The lowest BCUT2D eigenvalue weighted by Gasteiger charge is -2.20. The number of hydrogen-bond donors (Lipinski definition) is 1. The normalized spacial score (nSPS) is 33.2. The van der Waals surface area contributed by atoms with Crippen molar-refractivity contribution >= 4 is 0 Å². The standard InChI is InChI=1S/C13H27N/c1-6-10(2)9-14-12-8-13(4,5)7-11(12)3/h10-12,14H,6-9H2,1-5H3. The Balaban J connectivity index is 2.32. The predicted octanol–water partition coefficient (Wildman–Crippen LogP) is 3.45. The van der Waals surface area contributed by atoms with Crippen molar-refractivity contribution in [2.24, 2.45) is 17.3 Å². The van der Waals surface area contributed by atoms with E-state index in [2.05, 4.69) is 39.9 Å². The highest BCUT2D eigenvalue weighted by Gasteiger charge is 2.36. The van der Waals surface area contributed by atoms with Crippen LogP contribution in [0, 0.1) is 17.3 Å². The van der Waals surface area contributed by atoms with Crippen LogP contribution in [0.4, 0.5) is 0 Å². The van der Waals surface area contributed by atoms with E-state index in [1.54, 1.807) is 0 Å². The van der Waals surface area contributed by atoms with E-state index in [1.807, 2.05) is 0 Å². The molecule has 0 amide bonds. The van der Waals surface area contributed by atoms with E-state index in [0.717, 1.165) is 17.9 Å². The van der Waals surface area contributed by atoms with Crippen LogP contribution in [0.5, 0.6) is 0 Å². The second-order valence-corrected chi connectivity index (χ2v) is 6.08. The summed E-state index contributed by atoms with van der Waals surface area (Å²) in [6.45, 7) is 13.0. The molecule has 14 heavy (non-hydrogen) atoms. The maximum absolute atomic E-state index is 3.74. The minimum atomic E-state index is 0.562. The van der Waals surface area contributed by atoms with Gasteiger partial charge in [0.2, 0.25) is 0 Å². The quantitative estimate of drug-likeness (QED) is 0.728. The number of rotatable bonds is 4. The van der Waals surface area contributed by atoms with Gasteiger partial charge in [-0.3, -0.25) is 0 Å². The van der Waals surface area contributed by atoms with E-state index in [-0.39, 0.29) is 0 Å². The molecule has 0 aromatic carbocycles. The molecular formula is C13H27N. The van der Waals surface area contributed by atoms with Gasteiger partial charge in [-0.05, 0) is 36.6 Å². The number of hydrogen-bond acceptors (Lipinski definition) is 1. The van der Waals surface area contributed by atoms with Gasteiger partial charge in [0.15, 0.2) is 0 Å². The molecule has 0 radical (unpaired) electrons.